The van der Waals surface area contributed by atoms with Crippen LogP contribution in [-0.2, 0) is 0 Å². The van der Waals surface area contributed by atoms with E-state index < -0.39 is 0 Å². The summed E-state index contributed by atoms with van der Waals surface area (Å²) in [5.41, 5.74) is 1.12. The fourth-order valence-electron chi connectivity index (χ4n) is 2.37. The van der Waals surface area contributed by atoms with Crippen molar-refractivity contribution in [2.75, 3.05) is 6.54 Å². The van der Waals surface area contributed by atoms with Gasteiger partial charge in [-0.1, -0.05) is 11.6 Å². The molecule has 0 aliphatic heterocycles. The second kappa shape index (κ2) is 4.87. The van der Waals surface area contributed by atoms with Crippen LogP contribution in [0, 0.1) is 19.8 Å². The van der Waals surface area contributed by atoms with Gasteiger partial charge in [-0.25, -0.2) is 0 Å². The Kier molecular flexibility index (Phi) is 3.47. The molecule has 2 atom stereocenters. The van der Waals surface area contributed by atoms with E-state index >= 15 is 0 Å². The molecule has 17 heavy (non-hydrogen) atoms. The molecule has 1 heterocycles. The minimum atomic E-state index is -0.278. The molecule has 2 N–H and O–H groups in total. The van der Waals surface area contributed by atoms with E-state index in [1.165, 1.54) is 0 Å². The summed E-state index contributed by atoms with van der Waals surface area (Å²) in [5, 5.41) is 16.2. The maximum atomic E-state index is 11.9. The Balaban J connectivity index is 1.94. The maximum Gasteiger partial charge on any atom is 0.256 e. The molecule has 1 saturated carbocycles. The van der Waals surface area contributed by atoms with Crippen molar-refractivity contribution in [3.8, 4) is 0 Å². The largest absolute Gasteiger partial charge is 0.393 e. The summed E-state index contributed by atoms with van der Waals surface area (Å²) in [5.74, 6) is 0.548. The van der Waals surface area contributed by atoms with E-state index in [4.69, 9.17) is 4.52 Å². The third-order valence-corrected chi connectivity index (χ3v) is 3.40. The summed E-state index contributed by atoms with van der Waals surface area (Å²) in [6.07, 6.45) is 2.57. The molecular weight excluding hydrogens is 220 g/mol. The zero-order valence-electron chi connectivity index (χ0n) is 10.2. The van der Waals surface area contributed by atoms with Gasteiger partial charge in [-0.15, -0.1) is 0 Å². The fourth-order valence-corrected chi connectivity index (χ4v) is 2.37. The maximum absolute atomic E-state index is 11.9. The zero-order chi connectivity index (χ0) is 12.4. The van der Waals surface area contributed by atoms with Gasteiger partial charge in [-0.2, -0.15) is 0 Å². The number of carbonyl (C=O) groups is 1. The Hall–Kier alpha value is -1.36. The first-order valence-electron chi connectivity index (χ1n) is 5.98. The highest BCUT2D eigenvalue weighted by Gasteiger charge is 2.26. The summed E-state index contributed by atoms with van der Waals surface area (Å²) in [6, 6.07) is 0. The van der Waals surface area contributed by atoms with Gasteiger partial charge < -0.3 is 14.9 Å². The fraction of sp³-hybridized carbons (Fsp3) is 0.667. The van der Waals surface area contributed by atoms with Crippen molar-refractivity contribution in [1.82, 2.24) is 10.5 Å². The van der Waals surface area contributed by atoms with Crippen LogP contribution in [0.1, 0.15) is 41.1 Å². The number of hydrogen-bond acceptors (Lipinski definition) is 4. The van der Waals surface area contributed by atoms with Crippen LogP contribution in [0.4, 0.5) is 0 Å². The Morgan fingerprint density at radius 1 is 1.53 bits per heavy atom. The van der Waals surface area contributed by atoms with E-state index in [1.807, 2.05) is 0 Å². The second-order valence-electron chi connectivity index (χ2n) is 4.67. The average Bonchev–Trinajstić information content (AvgIpc) is 2.83. The van der Waals surface area contributed by atoms with Gasteiger partial charge in [0.1, 0.15) is 11.3 Å². The Bertz CT molecular complexity index is 394. The van der Waals surface area contributed by atoms with Crippen LogP contribution < -0.4 is 5.32 Å². The predicted molar refractivity (Wildman–Crippen MR) is 61.7 cm³/mol. The molecule has 5 heteroatoms. The van der Waals surface area contributed by atoms with Crippen molar-refractivity contribution >= 4 is 5.91 Å². The SMILES string of the molecule is Cc1noc(C)c1C(=O)NCC1CCCC1O. The summed E-state index contributed by atoms with van der Waals surface area (Å²) < 4.78 is 4.95. The van der Waals surface area contributed by atoms with E-state index in [2.05, 4.69) is 10.5 Å². The van der Waals surface area contributed by atoms with Crippen molar-refractivity contribution in [3.05, 3.63) is 17.0 Å². The van der Waals surface area contributed by atoms with E-state index in [0.717, 1.165) is 19.3 Å². The molecule has 0 spiro atoms. The molecule has 1 fully saturated rings. The number of nitrogens with zero attached hydrogens (tertiary/aromatic N) is 1. The number of rotatable bonds is 3. The summed E-state index contributed by atoms with van der Waals surface area (Å²) in [7, 11) is 0. The van der Waals surface area contributed by atoms with Gasteiger partial charge >= 0.3 is 0 Å². The smallest absolute Gasteiger partial charge is 0.256 e. The molecule has 1 aliphatic rings. The first kappa shape index (κ1) is 12.1. The van der Waals surface area contributed by atoms with Crippen LogP contribution in [0.5, 0.6) is 0 Å². The first-order chi connectivity index (χ1) is 8.09. The number of aryl methyl sites for hydroxylation is 2. The van der Waals surface area contributed by atoms with E-state index in [-0.39, 0.29) is 17.9 Å². The molecule has 2 rings (SSSR count). The predicted octanol–water partition coefficient (Wildman–Crippen LogP) is 1.18. The first-order valence-corrected chi connectivity index (χ1v) is 5.98. The van der Waals surface area contributed by atoms with Crippen molar-refractivity contribution in [2.45, 2.75) is 39.2 Å². The number of hydrogen-bond donors (Lipinski definition) is 2. The zero-order valence-corrected chi connectivity index (χ0v) is 10.2. The molecule has 1 aromatic heterocycles. The van der Waals surface area contributed by atoms with Crippen LogP contribution in [0.3, 0.4) is 0 Å². The molecular formula is C12H18N2O3. The molecule has 1 amide bonds. The molecule has 0 aromatic carbocycles. The third-order valence-electron chi connectivity index (χ3n) is 3.40. The molecule has 5 nitrogen and oxygen atoms in total. The number of amides is 1. The van der Waals surface area contributed by atoms with Crippen molar-refractivity contribution < 1.29 is 14.4 Å². The van der Waals surface area contributed by atoms with E-state index in [1.54, 1.807) is 13.8 Å². The topological polar surface area (TPSA) is 75.4 Å². The molecule has 1 aromatic rings. The molecule has 2 unspecified atom stereocenters. The van der Waals surface area contributed by atoms with Gasteiger partial charge in [0, 0.05) is 12.5 Å². The number of aliphatic hydroxyl groups is 1. The summed E-state index contributed by atoms with van der Waals surface area (Å²) in [6.45, 7) is 3.99. The minimum absolute atomic E-state index is 0.166. The number of carbonyl (C=O) groups excluding carboxylic acids is 1. The lowest BCUT2D eigenvalue weighted by Crippen LogP contribution is -2.32. The van der Waals surface area contributed by atoms with Crippen molar-refractivity contribution in [1.29, 1.82) is 0 Å². The van der Waals surface area contributed by atoms with Crippen LogP contribution in [0.25, 0.3) is 0 Å². The Labute approximate surface area is 100 Å². The van der Waals surface area contributed by atoms with Gasteiger partial charge in [0.05, 0.1) is 11.8 Å². The molecule has 0 bridgehead atoms. The van der Waals surface area contributed by atoms with Crippen molar-refractivity contribution in [3.63, 3.8) is 0 Å². The molecule has 0 radical (unpaired) electrons. The van der Waals surface area contributed by atoms with Gasteiger partial charge in [0.2, 0.25) is 0 Å². The second-order valence-corrected chi connectivity index (χ2v) is 4.67. The molecule has 94 valence electrons. The van der Waals surface area contributed by atoms with Gasteiger partial charge in [0.25, 0.3) is 5.91 Å². The van der Waals surface area contributed by atoms with Gasteiger partial charge in [-0.05, 0) is 26.7 Å². The quantitative estimate of drug-likeness (QED) is 0.829. The lowest BCUT2D eigenvalue weighted by Gasteiger charge is -2.14. The number of nitrogens with one attached hydrogen (secondary N) is 1. The van der Waals surface area contributed by atoms with E-state index in [0.29, 0.717) is 23.6 Å². The number of aliphatic hydroxyl groups excluding tert-OH is 1. The molecule has 1 aliphatic carbocycles. The molecule has 0 saturated heterocycles. The minimum Gasteiger partial charge on any atom is -0.393 e. The summed E-state index contributed by atoms with van der Waals surface area (Å²) in [4.78, 5) is 11.9. The van der Waals surface area contributed by atoms with Crippen LogP contribution in [-0.4, -0.2) is 28.8 Å². The van der Waals surface area contributed by atoms with Crippen molar-refractivity contribution in [2.24, 2.45) is 5.92 Å². The van der Waals surface area contributed by atoms with Gasteiger partial charge in [0.15, 0.2) is 0 Å². The highest BCUT2D eigenvalue weighted by molar-refractivity contribution is 5.96. The monoisotopic (exact) mass is 238 g/mol. The standard InChI is InChI=1S/C12H18N2O3/c1-7-11(8(2)17-14-7)12(16)13-6-9-4-3-5-10(9)15/h9-10,15H,3-6H2,1-2H3,(H,13,16). The third kappa shape index (κ3) is 2.49. The Morgan fingerprint density at radius 2 is 2.29 bits per heavy atom. The highest BCUT2D eigenvalue weighted by atomic mass is 16.5. The lowest BCUT2D eigenvalue weighted by atomic mass is 10.1. The van der Waals surface area contributed by atoms with Crippen LogP contribution in [0.2, 0.25) is 0 Å². The highest BCUT2D eigenvalue weighted by Crippen LogP contribution is 2.24. The summed E-state index contributed by atoms with van der Waals surface area (Å²) >= 11 is 0. The number of aromatic nitrogens is 1. The van der Waals surface area contributed by atoms with Crippen LogP contribution in [0.15, 0.2) is 4.52 Å². The van der Waals surface area contributed by atoms with Gasteiger partial charge in [-0.3, -0.25) is 4.79 Å². The lowest BCUT2D eigenvalue weighted by molar-refractivity contribution is 0.0915. The average molecular weight is 238 g/mol. The normalized spacial score (nSPS) is 23.9. The Morgan fingerprint density at radius 3 is 2.82 bits per heavy atom. The van der Waals surface area contributed by atoms with E-state index in [9.17, 15) is 9.90 Å². The van der Waals surface area contributed by atoms with Crippen LogP contribution >= 0.6 is 0 Å².